The topological polar surface area (TPSA) is 43.6 Å². The first-order valence-corrected chi connectivity index (χ1v) is 9.76. The van der Waals surface area contributed by atoms with E-state index in [2.05, 4.69) is 34.7 Å². The molecule has 0 saturated heterocycles. The number of fused-ring (bicyclic) bond motifs is 1. The lowest BCUT2D eigenvalue weighted by atomic mass is 10.1. The molecule has 0 atom stereocenters. The number of benzene rings is 2. The number of rotatable bonds is 6. The molecule has 0 spiro atoms. The average Bonchev–Trinajstić information content (AvgIpc) is 2.93. The minimum Gasteiger partial charge on any atom is -0.380 e. The zero-order valence-corrected chi connectivity index (χ0v) is 16.4. The van der Waals surface area contributed by atoms with E-state index in [1.165, 1.54) is 16.9 Å². The fourth-order valence-electron chi connectivity index (χ4n) is 2.71. The summed E-state index contributed by atoms with van der Waals surface area (Å²) in [5.41, 5.74) is 3.18. The standard InChI is InChI=1S/C20H21ClN2O2S/c1-3-25-11-10-23-17-9-4-14(2)12-18(17)26-20(23)22-19(24)13-15-5-7-16(21)8-6-15/h4-9,12H,3,10-11,13H2,1-2H3. The van der Waals surface area contributed by atoms with Crippen molar-refractivity contribution < 1.29 is 9.53 Å². The highest BCUT2D eigenvalue weighted by molar-refractivity contribution is 7.16. The van der Waals surface area contributed by atoms with E-state index < -0.39 is 0 Å². The van der Waals surface area contributed by atoms with Gasteiger partial charge in [0.1, 0.15) is 0 Å². The molecule has 0 N–H and O–H groups in total. The number of carbonyl (C=O) groups excluding carboxylic acids is 1. The highest BCUT2D eigenvalue weighted by Crippen LogP contribution is 2.19. The molecule has 136 valence electrons. The van der Waals surface area contributed by atoms with Gasteiger partial charge in [-0.25, -0.2) is 0 Å². The third-order valence-electron chi connectivity index (χ3n) is 3.99. The SMILES string of the molecule is CCOCCn1c(=NC(=O)Cc2ccc(Cl)cc2)sc2cc(C)ccc21. The van der Waals surface area contributed by atoms with Crippen molar-refractivity contribution in [2.45, 2.75) is 26.8 Å². The van der Waals surface area contributed by atoms with E-state index in [0.717, 1.165) is 15.8 Å². The molecule has 26 heavy (non-hydrogen) atoms. The summed E-state index contributed by atoms with van der Waals surface area (Å²) in [6.45, 7) is 5.97. The van der Waals surface area contributed by atoms with Crippen LogP contribution in [0.4, 0.5) is 0 Å². The second-order valence-electron chi connectivity index (χ2n) is 6.01. The van der Waals surface area contributed by atoms with Crippen molar-refractivity contribution >= 4 is 39.1 Å². The second-order valence-corrected chi connectivity index (χ2v) is 7.46. The summed E-state index contributed by atoms with van der Waals surface area (Å²) in [7, 11) is 0. The van der Waals surface area contributed by atoms with Gasteiger partial charge in [-0.3, -0.25) is 4.79 Å². The molecule has 3 aromatic rings. The Labute approximate surface area is 161 Å². The van der Waals surface area contributed by atoms with Crippen molar-refractivity contribution in [2.24, 2.45) is 4.99 Å². The molecular weight excluding hydrogens is 368 g/mol. The van der Waals surface area contributed by atoms with Crippen molar-refractivity contribution in [3.8, 4) is 0 Å². The Hall–Kier alpha value is -1.95. The van der Waals surface area contributed by atoms with E-state index in [1.807, 2.05) is 19.1 Å². The Morgan fingerprint density at radius 3 is 2.73 bits per heavy atom. The summed E-state index contributed by atoms with van der Waals surface area (Å²) in [6, 6.07) is 13.6. The zero-order chi connectivity index (χ0) is 18.5. The van der Waals surface area contributed by atoms with Gasteiger partial charge in [-0.2, -0.15) is 4.99 Å². The number of aromatic nitrogens is 1. The maximum atomic E-state index is 12.5. The second kappa shape index (κ2) is 8.62. The number of carbonyl (C=O) groups is 1. The molecule has 1 heterocycles. The summed E-state index contributed by atoms with van der Waals surface area (Å²) in [4.78, 5) is 17.5. The molecule has 1 aromatic heterocycles. The van der Waals surface area contributed by atoms with Crippen LogP contribution in [0.15, 0.2) is 47.5 Å². The van der Waals surface area contributed by atoms with Gasteiger partial charge in [0, 0.05) is 18.2 Å². The molecule has 0 fully saturated rings. The fourth-order valence-corrected chi connectivity index (χ4v) is 4.00. The van der Waals surface area contributed by atoms with Gasteiger partial charge < -0.3 is 9.30 Å². The van der Waals surface area contributed by atoms with Crippen LogP contribution < -0.4 is 4.80 Å². The summed E-state index contributed by atoms with van der Waals surface area (Å²) in [6.07, 6.45) is 0.260. The van der Waals surface area contributed by atoms with Crippen LogP contribution in [-0.2, 0) is 22.5 Å². The van der Waals surface area contributed by atoms with Crippen LogP contribution in [0.25, 0.3) is 10.2 Å². The summed E-state index contributed by atoms with van der Waals surface area (Å²) >= 11 is 7.43. The predicted octanol–water partition coefficient (Wildman–Crippen LogP) is 4.37. The first-order valence-electron chi connectivity index (χ1n) is 8.56. The molecule has 1 amide bonds. The van der Waals surface area contributed by atoms with Crippen LogP contribution in [0.3, 0.4) is 0 Å². The molecular formula is C20H21ClN2O2S. The van der Waals surface area contributed by atoms with Crippen LogP contribution in [0.1, 0.15) is 18.1 Å². The summed E-state index contributed by atoms with van der Waals surface area (Å²) in [5, 5.41) is 0.659. The first kappa shape index (κ1) is 18.8. The molecule has 2 aromatic carbocycles. The monoisotopic (exact) mass is 388 g/mol. The van der Waals surface area contributed by atoms with Gasteiger partial charge >= 0.3 is 0 Å². The minimum atomic E-state index is -0.166. The molecule has 6 heteroatoms. The largest absolute Gasteiger partial charge is 0.380 e. The third-order valence-corrected chi connectivity index (χ3v) is 5.28. The lowest BCUT2D eigenvalue weighted by Crippen LogP contribution is -2.20. The Morgan fingerprint density at radius 1 is 1.23 bits per heavy atom. The van der Waals surface area contributed by atoms with Crippen molar-refractivity contribution in [1.82, 2.24) is 4.57 Å². The smallest absolute Gasteiger partial charge is 0.252 e. The average molecular weight is 389 g/mol. The molecule has 0 bridgehead atoms. The molecule has 0 unspecified atom stereocenters. The number of nitrogens with zero attached hydrogens (tertiary/aromatic N) is 2. The number of hydrogen-bond acceptors (Lipinski definition) is 3. The minimum absolute atomic E-state index is 0.166. The van der Waals surface area contributed by atoms with Gasteiger partial charge in [0.05, 0.1) is 23.2 Å². The van der Waals surface area contributed by atoms with Gasteiger partial charge in [0.25, 0.3) is 5.91 Å². The van der Waals surface area contributed by atoms with E-state index in [9.17, 15) is 4.79 Å². The maximum absolute atomic E-state index is 12.5. The fraction of sp³-hybridized carbons (Fsp3) is 0.300. The molecule has 0 aliphatic rings. The molecule has 4 nitrogen and oxygen atoms in total. The van der Waals surface area contributed by atoms with Crippen molar-refractivity contribution in [3.05, 3.63) is 63.4 Å². The number of hydrogen-bond donors (Lipinski definition) is 0. The number of amides is 1. The van der Waals surface area contributed by atoms with Gasteiger partial charge in [-0.1, -0.05) is 41.1 Å². The van der Waals surface area contributed by atoms with Crippen molar-refractivity contribution in [3.63, 3.8) is 0 Å². The van der Waals surface area contributed by atoms with Gasteiger partial charge in [0.2, 0.25) is 0 Å². The third kappa shape index (κ3) is 4.61. The molecule has 0 radical (unpaired) electrons. The Balaban J connectivity index is 1.93. The normalized spacial score (nSPS) is 12.0. The van der Waals surface area contributed by atoms with Crippen molar-refractivity contribution in [2.75, 3.05) is 13.2 Å². The number of aryl methyl sites for hydroxylation is 1. The van der Waals surface area contributed by atoms with E-state index in [0.29, 0.717) is 29.6 Å². The van der Waals surface area contributed by atoms with E-state index in [1.54, 1.807) is 12.1 Å². The van der Waals surface area contributed by atoms with Crippen LogP contribution in [0.5, 0.6) is 0 Å². The van der Waals surface area contributed by atoms with Crippen LogP contribution in [0, 0.1) is 6.92 Å². The van der Waals surface area contributed by atoms with E-state index in [-0.39, 0.29) is 12.3 Å². The lowest BCUT2D eigenvalue weighted by molar-refractivity contribution is -0.117. The van der Waals surface area contributed by atoms with Crippen LogP contribution in [-0.4, -0.2) is 23.7 Å². The lowest BCUT2D eigenvalue weighted by Gasteiger charge is -2.05. The van der Waals surface area contributed by atoms with Crippen molar-refractivity contribution in [1.29, 1.82) is 0 Å². The summed E-state index contributed by atoms with van der Waals surface area (Å²) in [5.74, 6) is -0.166. The molecule has 0 saturated carbocycles. The Morgan fingerprint density at radius 2 is 2.00 bits per heavy atom. The first-order chi connectivity index (χ1) is 12.6. The highest BCUT2D eigenvalue weighted by Gasteiger charge is 2.09. The maximum Gasteiger partial charge on any atom is 0.252 e. The zero-order valence-electron chi connectivity index (χ0n) is 14.9. The Bertz CT molecular complexity index is 974. The van der Waals surface area contributed by atoms with E-state index >= 15 is 0 Å². The van der Waals surface area contributed by atoms with Crippen LogP contribution in [0.2, 0.25) is 5.02 Å². The predicted molar refractivity (Wildman–Crippen MR) is 107 cm³/mol. The highest BCUT2D eigenvalue weighted by atomic mass is 35.5. The molecule has 3 rings (SSSR count). The van der Waals surface area contributed by atoms with Gasteiger partial charge in [-0.15, -0.1) is 0 Å². The molecule has 0 aliphatic heterocycles. The number of halogens is 1. The van der Waals surface area contributed by atoms with Gasteiger partial charge in [0.15, 0.2) is 4.80 Å². The van der Waals surface area contributed by atoms with Crippen LogP contribution >= 0.6 is 22.9 Å². The molecule has 0 aliphatic carbocycles. The summed E-state index contributed by atoms with van der Waals surface area (Å²) < 4.78 is 8.68. The van der Waals surface area contributed by atoms with E-state index in [4.69, 9.17) is 16.3 Å². The number of thiazole rings is 1. The van der Waals surface area contributed by atoms with Gasteiger partial charge in [-0.05, 0) is 49.2 Å². The number of ether oxygens (including phenoxy) is 1. The quantitative estimate of drug-likeness (QED) is 0.588. The Kier molecular flexibility index (Phi) is 6.25.